The summed E-state index contributed by atoms with van der Waals surface area (Å²) in [5.41, 5.74) is 0. The van der Waals surface area contributed by atoms with E-state index < -0.39 is 39.3 Å². The van der Waals surface area contributed by atoms with Crippen molar-refractivity contribution in [3.05, 3.63) is 0 Å². The van der Waals surface area contributed by atoms with Crippen LogP contribution in [0, 0.1) is 0 Å². The Hall–Kier alpha value is 0.544. The van der Waals surface area contributed by atoms with E-state index >= 15 is 0 Å². The SMILES string of the molecule is O=P(O)(O)O.OC[C@@H](O)[C@H](O)[C@@H](O)CO.[O-2].[O-2].[Ti+4]. The molecule has 0 radical (unpaired) electrons. The molecule has 0 aromatic heterocycles. The molecule has 110 valence electrons. The summed E-state index contributed by atoms with van der Waals surface area (Å²) in [5, 5.41) is 42.6. The second kappa shape index (κ2) is 15.6. The second-order valence-corrected chi connectivity index (χ2v) is 3.53. The van der Waals surface area contributed by atoms with Gasteiger partial charge in [0.1, 0.15) is 18.3 Å². The average molecular weight is 330 g/mol. The maximum absolute atomic E-state index is 8.88. The van der Waals surface area contributed by atoms with Gasteiger partial charge >= 0.3 is 29.5 Å². The topological polar surface area (TPSA) is 236 Å². The fourth-order valence-electron chi connectivity index (χ4n) is 0.472. The predicted molar refractivity (Wildman–Crippen MR) is 47.8 cm³/mol. The zero-order chi connectivity index (χ0) is 12.6. The second-order valence-electron chi connectivity index (χ2n) is 2.50. The summed E-state index contributed by atoms with van der Waals surface area (Å²) in [6.45, 7) is -1.28. The standard InChI is InChI=1S/C5H12O5.H3O4P.2O.Ti/c6-1-3(8)5(10)4(9)2-7;1-5(2,3)4;;;/h3-10H,1-2H2;(H3,1,2,3,4);;;/q;;2*-2;+4/t3-,4+,5+;;;;. The molecule has 3 atom stereocenters. The molecule has 0 aliphatic heterocycles. The Morgan fingerprint density at radius 1 is 0.833 bits per heavy atom. The molecule has 0 aliphatic rings. The molecule has 0 saturated carbocycles. The van der Waals surface area contributed by atoms with Crippen LogP contribution in [-0.4, -0.2) is 71.7 Å². The Labute approximate surface area is 117 Å². The Bertz CT molecular complexity index is 180. The van der Waals surface area contributed by atoms with Crippen molar-refractivity contribution in [2.75, 3.05) is 13.2 Å². The van der Waals surface area contributed by atoms with Crippen LogP contribution in [0.2, 0.25) is 0 Å². The van der Waals surface area contributed by atoms with Gasteiger partial charge in [0.25, 0.3) is 0 Å². The van der Waals surface area contributed by atoms with Gasteiger partial charge in [-0.05, 0) is 0 Å². The normalized spacial score (nSPS) is 14.4. The molecular weight excluding hydrogens is 315 g/mol. The molecule has 0 saturated heterocycles. The van der Waals surface area contributed by atoms with Gasteiger partial charge in [0.2, 0.25) is 0 Å². The molecule has 0 amide bonds. The quantitative estimate of drug-likeness (QED) is 0.184. The molecule has 11 nitrogen and oxygen atoms in total. The van der Waals surface area contributed by atoms with Crippen molar-refractivity contribution in [1.29, 1.82) is 0 Å². The van der Waals surface area contributed by atoms with Gasteiger partial charge in [-0.25, -0.2) is 4.57 Å². The Kier molecular flexibility index (Phi) is 27.0. The summed E-state index contributed by atoms with van der Waals surface area (Å²) in [6, 6.07) is 0. The Morgan fingerprint density at radius 2 is 1.00 bits per heavy atom. The minimum atomic E-state index is -4.64. The summed E-state index contributed by atoms with van der Waals surface area (Å²) in [4.78, 5) is 21.6. The van der Waals surface area contributed by atoms with Gasteiger partial charge in [0.15, 0.2) is 0 Å². The summed E-state index contributed by atoms with van der Waals surface area (Å²) >= 11 is 0. The van der Waals surface area contributed by atoms with Gasteiger partial charge < -0.3 is 51.2 Å². The third-order valence-electron chi connectivity index (χ3n) is 1.16. The van der Waals surface area contributed by atoms with Crippen LogP contribution in [0.1, 0.15) is 0 Å². The molecule has 0 rings (SSSR count). The van der Waals surface area contributed by atoms with Gasteiger partial charge in [0.05, 0.1) is 13.2 Å². The monoisotopic (exact) mass is 330 g/mol. The van der Waals surface area contributed by atoms with E-state index in [0.717, 1.165) is 0 Å². The number of aliphatic hydroxyl groups is 5. The zero-order valence-corrected chi connectivity index (χ0v) is 11.4. The number of hydrogen-bond acceptors (Lipinski definition) is 6. The van der Waals surface area contributed by atoms with E-state index in [9.17, 15) is 0 Å². The third kappa shape index (κ3) is 25.4. The maximum atomic E-state index is 8.88. The molecule has 18 heavy (non-hydrogen) atoms. The van der Waals surface area contributed by atoms with Crippen LogP contribution >= 0.6 is 7.82 Å². The predicted octanol–water partition coefficient (Wildman–Crippen LogP) is -4.11. The molecular formula is C5H15O11PTi. The number of rotatable bonds is 4. The van der Waals surface area contributed by atoms with Crippen LogP contribution in [0.4, 0.5) is 0 Å². The van der Waals surface area contributed by atoms with Crippen molar-refractivity contribution >= 4 is 7.82 Å². The first kappa shape index (κ1) is 31.1. The van der Waals surface area contributed by atoms with Crippen molar-refractivity contribution < 1.29 is 77.4 Å². The molecule has 0 heterocycles. The first-order valence-corrected chi connectivity index (χ1v) is 5.24. The van der Waals surface area contributed by atoms with Gasteiger partial charge in [-0.2, -0.15) is 0 Å². The molecule has 8 N–H and O–H groups in total. The summed E-state index contributed by atoms with van der Waals surface area (Å²) in [7, 11) is -4.64. The van der Waals surface area contributed by atoms with Crippen LogP contribution in [-0.2, 0) is 37.2 Å². The van der Waals surface area contributed by atoms with E-state index in [1.54, 1.807) is 0 Å². The minimum Gasteiger partial charge on any atom is -2.00 e. The van der Waals surface area contributed by atoms with Gasteiger partial charge in [-0.3, -0.25) is 0 Å². The van der Waals surface area contributed by atoms with Crippen LogP contribution in [0.3, 0.4) is 0 Å². The Morgan fingerprint density at radius 3 is 1.11 bits per heavy atom. The molecule has 0 fully saturated rings. The van der Waals surface area contributed by atoms with Crippen LogP contribution in [0.5, 0.6) is 0 Å². The van der Waals surface area contributed by atoms with E-state index in [0.29, 0.717) is 0 Å². The maximum Gasteiger partial charge on any atom is 4.00 e. The van der Waals surface area contributed by atoms with Crippen LogP contribution < -0.4 is 0 Å². The average Bonchev–Trinajstić information content (AvgIpc) is 2.11. The summed E-state index contributed by atoms with van der Waals surface area (Å²) in [5.74, 6) is 0. The van der Waals surface area contributed by atoms with Gasteiger partial charge in [0, 0.05) is 0 Å². The molecule has 0 spiro atoms. The molecule has 0 unspecified atom stereocenters. The van der Waals surface area contributed by atoms with Crippen molar-refractivity contribution in [3.8, 4) is 0 Å². The molecule has 0 aromatic rings. The van der Waals surface area contributed by atoms with E-state index in [1.807, 2.05) is 0 Å². The summed E-state index contributed by atoms with van der Waals surface area (Å²) < 4.78 is 8.88. The van der Waals surface area contributed by atoms with E-state index in [2.05, 4.69) is 0 Å². The molecule has 0 aromatic carbocycles. The third-order valence-corrected chi connectivity index (χ3v) is 1.16. The Balaban J connectivity index is -0.0000000621. The first-order valence-electron chi connectivity index (χ1n) is 3.67. The fraction of sp³-hybridized carbons (Fsp3) is 1.00. The van der Waals surface area contributed by atoms with Crippen molar-refractivity contribution in [3.63, 3.8) is 0 Å². The minimum absolute atomic E-state index is 0. The van der Waals surface area contributed by atoms with Gasteiger partial charge in [-0.15, -0.1) is 0 Å². The zero-order valence-electron chi connectivity index (χ0n) is 8.90. The van der Waals surface area contributed by atoms with Crippen molar-refractivity contribution in [1.82, 2.24) is 0 Å². The van der Waals surface area contributed by atoms with E-state index in [4.69, 9.17) is 44.8 Å². The van der Waals surface area contributed by atoms with E-state index in [1.165, 1.54) is 0 Å². The number of hydrogen-bond donors (Lipinski definition) is 8. The largest absolute Gasteiger partial charge is 4.00 e. The first-order chi connectivity index (χ1) is 6.63. The smallest absolute Gasteiger partial charge is 2.00 e. The van der Waals surface area contributed by atoms with E-state index in [-0.39, 0.29) is 32.7 Å². The number of phosphoric acid groups is 1. The molecule has 0 aliphatic carbocycles. The van der Waals surface area contributed by atoms with Crippen LogP contribution in [0.25, 0.3) is 0 Å². The van der Waals surface area contributed by atoms with Gasteiger partial charge in [-0.1, -0.05) is 0 Å². The summed E-state index contributed by atoms with van der Waals surface area (Å²) in [6.07, 6.45) is -4.29. The fourth-order valence-corrected chi connectivity index (χ4v) is 0.472. The van der Waals surface area contributed by atoms with Crippen molar-refractivity contribution in [2.45, 2.75) is 18.3 Å². The molecule has 13 heteroatoms. The van der Waals surface area contributed by atoms with Crippen molar-refractivity contribution in [2.24, 2.45) is 0 Å². The van der Waals surface area contributed by atoms with Crippen LogP contribution in [0.15, 0.2) is 0 Å². The molecule has 0 bridgehead atoms. The number of aliphatic hydroxyl groups excluding tert-OH is 5.